The Kier molecular flexibility index (Phi) is 4.25. The third-order valence-corrected chi connectivity index (χ3v) is 5.11. The lowest BCUT2D eigenvalue weighted by atomic mass is 9.79. The molecule has 0 atom stereocenters. The Hall–Kier alpha value is -1.51. The second-order valence-corrected chi connectivity index (χ2v) is 11.0. The number of aromatic nitrogens is 2. The zero-order valence-corrected chi connectivity index (χ0v) is 17.8. The van der Waals surface area contributed by atoms with Crippen LogP contribution in [0.25, 0.3) is 10.9 Å². The Labute approximate surface area is 157 Å². The highest BCUT2D eigenvalue weighted by molar-refractivity contribution is 5.85. The molecule has 0 radical (unpaired) electrons. The fourth-order valence-electron chi connectivity index (χ4n) is 3.63. The normalized spacial score (nSPS) is 16.4. The zero-order valence-electron chi connectivity index (χ0n) is 17.8. The average Bonchev–Trinajstić information content (AvgIpc) is 3.26. The highest BCUT2D eigenvalue weighted by Crippen LogP contribution is 2.47. The molecular formula is C23H33FN2. The first-order valence-corrected chi connectivity index (χ1v) is 9.77. The Morgan fingerprint density at radius 2 is 1.42 bits per heavy atom. The fraction of sp³-hybridized carbons (Fsp3) is 0.652. The van der Waals surface area contributed by atoms with Gasteiger partial charge < -0.3 is 0 Å². The SMILES string of the molecule is CC(C)(C)c1nc(C(C)(C)C)c2cc(C3CC3)c(C(C)(C)C)c(F)c2n1. The molecule has 2 nitrogen and oxygen atoms in total. The summed E-state index contributed by atoms with van der Waals surface area (Å²) in [6.45, 7) is 19.0. The highest BCUT2D eigenvalue weighted by Gasteiger charge is 2.35. The summed E-state index contributed by atoms with van der Waals surface area (Å²) in [7, 11) is 0. The van der Waals surface area contributed by atoms with Crippen LogP contribution in [0.5, 0.6) is 0 Å². The van der Waals surface area contributed by atoms with Gasteiger partial charge in [0.1, 0.15) is 11.3 Å². The van der Waals surface area contributed by atoms with E-state index in [0.717, 1.165) is 29.5 Å². The van der Waals surface area contributed by atoms with Gasteiger partial charge in [0.15, 0.2) is 5.82 Å². The van der Waals surface area contributed by atoms with Gasteiger partial charge in [-0.3, -0.25) is 0 Å². The molecule has 2 aromatic rings. The number of halogens is 1. The van der Waals surface area contributed by atoms with Crippen molar-refractivity contribution in [2.75, 3.05) is 0 Å². The first-order valence-electron chi connectivity index (χ1n) is 9.77. The van der Waals surface area contributed by atoms with E-state index in [9.17, 15) is 0 Å². The second kappa shape index (κ2) is 5.74. The molecule has 1 saturated carbocycles. The maximum Gasteiger partial charge on any atom is 0.153 e. The molecule has 1 aromatic heterocycles. The zero-order chi connectivity index (χ0) is 19.7. The van der Waals surface area contributed by atoms with E-state index in [1.165, 1.54) is 5.56 Å². The van der Waals surface area contributed by atoms with Crippen LogP contribution in [0.1, 0.15) is 104 Å². The highest BCUT2D eigenvalue weighted by atomic mass is 19.1. The van der Waals surface area contributed by atoms with E-state index in [2.05, 4.69) is 68.4 Å². The van der Waals surface area contributed by atoms with Crippen molar-refractivity contribution in [3.8, 4) is 0 Å². The van der Waals surface area contributed by atoms with Gasteiger partial charge in [-0.05, 0) is 41.4 Å². The molecule has 142 valence electrons. The summed E-state index contributed by atoms with van der Waals surface area (Å²) >= 11 is 0. The number of fused-ring (bicyclic) bond motifs is 1. The first-order chi connectivity index (χ1) is 11.7. The summed E-state index contributed by atoms with van der Waals surface area (Å²) in [5, 5.41) is 0.887. The molecule has 1 aliphatic rings. The van der Waals surface area contributed by atoms with Crippen molar-refractivity contribution in [2.45, 2.75) is 97.3 Å². The Bertz CT molecular complexity index is 857. The number of hydrogen-bond acceptors (Lipinski definition) is 2. The quantitative estimate of drug-likeness (QED) is 0.580. The summed E-state index contributed by atoms with van der Waals surface area (Å²) < 4.78 is 15.9. The van der Waals surface area contributed by atoms with Gasteiger partial charge in [0.2, 0.25) is 0 Å². The molecule has 0 spiro atoms. The fourth-order valence-corrected chi connectivity index (χ4v) is 3.63. The molecule has 3 rings (SSSR count). The van der Waals surface area contributed by atoms with Crippen molar-refractivity contribution in [2.24, 2.45) is 0 Å². The van der Waals surface area contributed by atoms with Crippen LogP contribution in [0, 0.1) is 5.82 Å². The molecule has 1 heterocycles. The summed E-state index contributed by atoms with van der Waals surface area (Å²) in [6.07, 6.45) is 2.31. The number of hydrogen-bond donors (Lipinski definition) is 0. The van der Waals surface area contributed by atoms with Crippen LogP contribution >= 0.6 is 0 Å². The van der Waals surface area contributed by atoms with Crippen LogP contribution < -0.4 is 0 Å². The van der Waals surface area contributed by atoms with Gasteiger partial charge in [0.05, 0.1) is 5.69 Å². The van der Waals surface area contributed by atoms with Crippen molar-refractivity contribution in [1.29, 1.82) is 0 Å². The second-order valence-electron chi connectivity index (χ2n) is 11.0. The lowest BCUT2D eigenvalue weighted by Crippen LogP contribution is -2.24. The van der Waals surface area contributed by atoms with Gasteiger partial charge in [0, 0.05) is 16.2 Å². The summed E-state index contributed by atoms with van der Waals surface area (Å²) in [5.41, 5.74) is 2.81. The van der Waals surface area contributed by atoms with E-state index in [4.69, 9.17) is 9.97 Å². The van der Waals surface area contributed by atoms with E-state index in [0.29, 0.717) is 17.3 Å². The smallest absolute Gasteiger partial charge is 0.153 e. The molecule has 26 heavy (non-hydrogen) atoms. The molecule has 0 N–H and O–H groups in total. The van der Waals surface area contributed by atoms with E-state index < -0.39 is 0 Å². The number of rotatable bonds is 1. The van der Waals surface area contributed by atoms with Crippen molar-refractivity contribution in [1.82, 2.24) is 9.97 Å². The van der Waals surface area contributed by atoms with Gasteiger partial charge in [-0.2, -0.15) is 0 Å². The van der Waals surface area contributed by atoms with Crippen molar-refractivity contribution in [3.63, 3.8) is 0 Å². The van der Waals surface area contributed by atoms with Crippen LogP contribution in [-0.2, 0) is 16.2 Å². The van der Waals surface area contributed by atoms with Gasteiger partial charge in [-0.15, -0.1) is 0 Å². The minimum Gasteiger partial charge on any atom is -0.236 e. The predicted molar refractivity (Wildman–Crippen MR) is 108 cm³/mol. The van der Waals surface area contributed by atoms with Gasteiger partial charge in [-0.1, -0.05) is 62.3 Å². The Morgan fingerprint density at radius 3 is 1.85 bits per heavy atom. The third-order valence-electron chi connectivity index (χ3n) is 5.11. The minimum atomic E-state index is -0.245. The summed E-state index contributed by atoms with van der Waals surface area (Å²) in [4.78, 5) is 9.65. The van der Waals surface area contributed by atoms with Crippen LogP contribution in [0.15, 0.2) is 6.07 Å². The molecule has 3 heteroatoms. The molecule has 0 aliphatic heterocycles. The largest absolute Gasteiger partial charge is 0.236 e. The lowest BCUT2D eigenvalue weighted by molar-refractivity contribution is 0.508. The maximum atomic E-state index is 15.9. The number of nitrogens with zero attached hydrogens (tertiary/aromatic N) is 2. The molecule has 0 bridgehead atoms. The van der Waals surface area contributed by atoms with E-state index in [1.807, 2.05) is 0 Å². The van der Waals surface area contributed by atoms with Crippen LogP contribution in [-0.4, -0.2) is 9.97 Å². The monoisotopic (exact) mass is 356 g/mol. The van der Waals surface area contributed by atoms with E-state index in [1.54, 1.807) is 0 Å². The minimum absolute atomic E-state index is 0.143. The van der Waals surface area contributed by atoms with Crippen LogP contribution in [0.4, 0.5) is 4.39 Å². The molecule has 1 aromatic carbocycles. The van der Waals surface area contributed by atoms with Gasteiger partial charge in [0.25, 0.3) is 0 Å². The van der Waals surface area contributed by atoms with E-state index >= 15 is 4.39 Å². The molecule has 0 amide bonds. The molecular weight excluding hydrogens is 323 g/mol. The Morgan fingerprint density at radius 1 is 0.846 bits per heavy atom. The van der Waals surface area contributed by atoms with E-state index in [-0.39, 0.29) is 22.1 Å². The number of benzene rings is 1. The Balaban J connectivity index is 2.47. The van der Waals surface area contributed by atoms with Crippen molar-refractivity contribution < 1.29 is 4.39 Å². The molecule has 0 unspecified atom stereocenters. The third kappa shape index (κ3) is 3.37. The average molecular weight is 357 g/mol. The summed E-state index contributed by atoms with van der Waals surface area (Å²) in [6, 6.07) is 2.20. The maximum absolute atomic E-state index is 15.9. The molecule has 1 aliphatic carbocycles. The first kappa shape index (κ1) is 19.3. The van der Waals surface area contributed by atoms with Crippen LogP contribution in [0.2, 0.25) is 0 Å². The molecule has 1 fully saturated rings. The van der Waals surface area contributed by atoms with Crippen LogP contribution in [0.3, 0.4) is 0 Å². The molecule has 0 saturated heterocycles. The predicted octanol–water partition coefficient (Wildman–Crippen LogP) is 6.54. The van der Waals surface area contributed by atoms with Crippen molar-refractivity contribution in [3.05, 3.63) is 34.5 Å². The van der Waals surface area contributed by atoms with Gasteiger partial charge >= 0.3 is 0 Å². The standard InChI is InChI=1S/C23H33FN2/c1-21(2,3)16-14(13-10-11-13)12-15-18(17(16)24)25-20(23(7,8)9)26-19(15)22(4,5)6/h12-13H,10-11H2,1-9H3. The van der Waals surface area contributed by atoms with Gasteiger partial charge in [-0.25, -0.2) is 14.4 Å². The van der Waals surface area contributed by atoms with Crippen molar-refractivity contribution >= 4 is 10.9 Å². The summed E-state index contributed by atoms with van der Waals surface area (Å²) in [5.74, 6) is 1.06. The lowest BCUT2D eigenvalue weighted by Gasteiger charge is -2.28. The topological polar surface area (TPSA) is 25.8 Å².